The molecule has 0 radical (unpaired) electrons. The Labute approximate surface area is 155 Å². The summed E-state index contributed by atoms with van der Waals surface area (Å²) in [5, 5.41) is 2.00. The SMILES string of the molecule is COc1ccc(N(Cc2cccs2)C(=O)c2cccc3c2OCO3)cc1. The van der Waals surface area contributed by atoms with Crippen LogP contribution in [0.5, 0.6) is 17.2 Å². The Morgan fingerprint density at radius 3 is 2.69 bits per heavy atom. The van der Waals surface area contributed by atoms with E-state index in [1.54, 1.807) is 41.5 Å². The predicted molar refractivity (Wildman–Crippen MR) is 100 cm³/mol. The van der Waals surface area contributed by atoms with Gasteiger partial charge in [-0.3, -0.25) is 4.79 Å². The average Bonchev–Trinajstić information content (AvgIpc) is 3.37. The molecule has 0 fully saturated rings. The Hall–Kier alpha value is -2.99. The third-order valence-electron chi connectivity index (χ3n) is 4.15. The van der Waals surface area contributed by atoms with Gasteiger partial charge in [0, 0.05) is 10.6 Å². The van der Waals surface area contributed by atoms with Crippen LogP contribution in [-0.2, 0) is 6.54 Å². The summed E-state index contributed by atoms with van der Waals surface area (Å²) < 4.78 is 16.1. The van der Waals surface area contributed by atoms with Crippen molar-refractivity contribution in [2.24, 2.45) is 0 Å². The zero-order valence-electron chi connectivity index (χ0n) is 14.2. The van der Waals surface area contributed by atoms with Crippen molar-refractivity contribution in [2.75, 3.05) is 18.8 Å². The predicted octanol–water partition coefficient (Wildman–Crippen LogP) is 4.33. The molecule has 1 aromatic heterocycles. The van der Waals surface area contributed by atoms with Crippen molar-refractivity contribution in [1.29, 1.82) is 0 Å². The molecular weight excluding hydrogens is 350 g/mol. The van der Waals surface area contributed by atoms with Crippen molar-refractivity contribution >= 4 is 22.9 Å². The first-order valence-electron chi connectivity index (χ1n) is 8.13. The van der Waals surface area contributed by atoms with E-state index in [9.17, 15) is 4.79 Å². The summed E-state index contributed by atoms with van der Waals surface area (Å²) in [5.74, 6) is 1.71. The van der Waals surface area contributed by atoms with Crippen LogP contribution in [-0.4, -0.2) is 19.8 Å². The van der Waals surface area contributed by atoms with E-state index < -0.39 is 0 Å². The number of para-hydroxylation sites is 1. The molecule has 0 bridgehead atoms. The van der Waals surface area contributed by atoms with E-state index in [0.717, 1.165) is 16.3 Å². The number of rotatable bonds is 5. The first-order chi connectivity index (χ1) is 12.8. The van der Waals surface area contributed by atoms with Crippen molar-refractivity contribution < 1.29 is 19.0 Å². The van der Waals surface area contributed by atoms with Crippen molar-refractivity contribution in [3.63, 3.8) is 0 Å². The molecule has 2 aromatic carbocycles. The van der Waals surface area contributed by atoms with Gasteiger partial charge < -0.3 is 19.1 Å². The van der Waals surface area contributed by atoms with Gasteiger partial charge in [0.05, 0.1) is 19.2 Å². The molecule has 0 atom stereocenters. The Morgan fingerprint density at radius 1 is 1.12 bits per heavy atom. The van der Waals surface area contributed by atoms with Crippen LogP contribution in [0, 0.1) is 0 Å². The van der Waals surface area contributed by atoms with Crippen molar-refractivity contribution in [2.45, 2.75) is 6.54 Å². The van der Waals surface area contributed by atoms with E-state index in [-0.39, 0.29) is 12.7 Å². The molecule has 0 unspecified atom stereocenters. The highest BCUT2D eigenvalue weighted by Crippen LogP contribution is 2.37. The van der Waals surface area contributed by atoms with Crippen LogP contribution in [0.2, 0.25) is 0 Å². The number of nitrogens with zero attached hydrogens (tertiary/aromatic N) is 1. The lowest BCUT2D eigenvalue weighted by Crippen LogP contribution is -2.30. The number of ether oxygens (including phenoxy) is 3. The molecular formula is C20H17NO4S. The molecule has 3 aromatic rings. The zero-order valence-corrected chi connectivity index (χ0v) is 15.0. The summed E-state index contributed by atoms with van der Waals surface area (Å²) in [6.07, 6.45) is 0. The lowest BCUT2D eigenvalue weighted by Gasteiger charge is -2.23. The van der Waals surface area contributed by atoms with Gasteiger partial charge in [-0.15, -0.1) is 11.3 Å². The molecule has 0 spiro atoms. The molecule has 0 aliphatic carbocycles. The van der Waals surface area contributed by atoms with E-state index >= 15 is 0 Å². The van der Waals surface area contributed by atoms with Gasteiger partial charge in [-0.25, -0.2) is 0 Å². The van der Waals surface area contributed by atoms with Crippen LogP contribution in [0.15, 0.2) is 60.0 Å². The van der Waals surface area contributed by atoms with E-state index in [0.29, 0.717) is 23.6 Å². The standard InChI is InChI=1S/C20H17NO4S/c1-23-15-9-7-14(8-10-15)21(12-16-4-3-11-26-16)20(22)17-5-2-6-18-19(17)25-13-24-18/h2-11H,12-13H2,1H3. The normalized spacial score (nSPS) is 12.0. The molecule has 6 heteroatoms. The summed E-state index contributed by atoms with van der Waals surface area (Å²) in [4.78, 5) is 16.2. The number of methoxy groups -OCH3 is 1. The first kappa shape index (κ1) is 16.5. The highest BCUT2D eigenvalue weighted by molar-refractivity contribution is 7.09. The highest BCUT2D eigenvalue weighted by Gasteiger charge is 2.26. The first-order valence-corrected chi connectivity index (χ1v) is 9.01. The molecule has 5 nitrogen and oxygen atoms in total. The van der Waals surface area contributed by atoms with Gasteiger partial charge >= 0.3 is 0 Å². The third kappa shape index (κ3) is 3.11. The quantitative estimate of drug-likeness (QED) is 0.673. The minimum atomic E-state index is -0.133. The molecule has 4 rings (SSSR count). The molecule has 132 valence electrons. The molecule has 2 heterocycles. The fourth-order valence-electron chi connectivity index (χ4n) is 2.84. The number of carbonyl (C=O) groups is 1. The van der Waals surface area contributed by atoms with E-state index in [2.05, 4.69) is 0 Å². The minimum Gasteiger partial charge on any atom is -0.497 e. The summed E-state index contributed by atoms with van der Waals surface area (Å²) >= 11 is 1.62. The molecule has 0 saturated heterocycles. The number of amides is 1. The fourth-order valence-corrected chi connectivity index (χ4v) is 3.54. The number of thiophene rings is 1. The van der Waals surface area contributed by atoms with E-state index in [1.165, 1.54) is 0 Å². The maximum atomic E-state index is 13.3. The van der Waals surface area contributed by atoms with Crippen LogP contribution in [0.25, 0.3) is 0 Å². The van der Waals surface area contributed by atoms with Gasteiger partial charge in [-0.05, 0) is 47.8 Å². The van der Waals surface area contributed by atoms with Gasteiger partial charge in [-0.2, -0.15) is 0 Å². The lowest BCUT2D eigenvalue weighted by atomic mass is 10.1. The van der Waals surface area contributed by atoms with Gasteiger partial charge in [0.1, 0.15) is 5.75 Å². The van der Waals surface area contributed by atoms with Crippen molar-refractivity contribution in [3.05, 3.63) is 70.4 Å². The second kappa shape index (κ2) is 7.09. The molecule has 1 aliphatic rings. The van der Waals surface area contributed by atoms with Gasteiger partial charge in [0.25, 0.3) is 5.91 Å². The Bertz CT molecular complexity index is 906. The van der Waals surface area contributed by atoms with Crippen molar-refractivity contribution in [3.8, 4) is 17.2 Å². The molecule has 0 saturated carbocycles. The highest BCUT2D eigenvalue weighted by atomic mass is 32.1. The number of anilines is 1. The van der Waals surface area contributed by atoms with Crippen LogP contribution >= 0.6 is 11.3 Å². The van der Waals surface area contributed by atoms with Gasteiger partial charge in [0.2, 0.25) is 6.79 Å². The van der Waals surface area contributed by atoms with E-state index in [1.807, 2.05) is 41.8 Å². The average molecular weight is 367 g/mol. The lowest BCUT2D eigenvalue weighted by molar-refractivity contribution is 0.0980. The molecule has 26 heavy (non-hydrogen) atoms. The number of hydrogen-bond acceptors (Lipinski definition) is 5. The van der Waals surface area contributed by atoms with Gasteiger partial charge in [-0.1, -0.05) is 12.1 Å². The molecule has 1 amide bonds. The molecule has 0 N–H and O–H groups in total. The van der Waals surface area contributed by atoms with Crippen LogP contribution in [0.4, 0.5) is 5.69 Å². The minimum absolute atomic E-state index is 0.132. The third-order valence-corrected chi connectivity index (χ3v) is 5.01. The van der Waals surface area contributed by atoms with Crippen molar-refractivity contribution in [1.82, 2.24) is 0 Å². The Morgan fingerprint density at radius 2 is 1.96 bits per heavy atom. The van der Waals surface area contributed by atoms with E-state index in [4.69, 9.17) is 14.2 Å². The van der Waals surface area contributed by atoms with Gasteiger partial charge in [0.15, 0.2) is 11.5 Å². The second-order valence-electron chi connectivity index (χ2n) is 5.71. The number of carbonyl (C=O) groups excluding carboxylic acids is 1. The molecule has 1 aliphatic heterocycles. The maximum Gasteiger partial charge on any atom is 0.262 e. The number of benzene rings is 2. The smallest absolute Gasteiger partial charge is 0.262 e. The number of hydrogen-bond donors (Lipinski definition) is 0. The van der Waals surface area contributed by atoms with Crippen LogP contribution < -0.4 is 19.1 Å². The monoisotopic (exact) mass is 367 g/mol. The second-order valence-corrected chi connectivity index (χ2v) is 6.74. The largest absolute Gasteiger partial charge is 0.497 e. The van der Waals surface area contributed by atoms with Crippen LogP contribution in [0.3, 0.4) is 0 Å². The maximum absolute atomic E-state index is 13.3. The number of fused-ring (bicyclic) bond motifs is 1. The Balaban J connectivity index is 1.72. The summed E-state index contributed by atoms with van der Waals surface area (Å²) in [7, 11) is 1.62. The zero-order chi connectivity index (χ0) is 17.9. The summed E-state index contributed by atoms with van der Waals surface area (Å²) in [5.41, 5.74) is 1.29. The summed E-state index contributed by atoms with van der Waals surface area (Å²) in [6.45, 7) is 0.612. The topological polar surface area (TPSA) is 48.0 Å². The summed E-state index contributed by atoms with van der Waals surface area (Å²) in [6, 6.07) is 16.8. The van der Waals surface area contributed by atoms with Crippen LogP contribution in [0.1, 0.15) is 15.2 Å². The Kier molecular flexibility index (Phi) is 4.50. The fraction of sp³-hybridized carbons (Fsp3) is 0.150.